The van der Waals surface area contributed by atoms with Gasteiger partial charge >= 0.3 is 0 Å². The Kier molecular flexibility index (Phi) is 3.90. The average molecular weight is 390 g/mol. The molecule has 2 aliphatic rings. The van der Waals surface area contributed by atoms with E-state index in [0.717, 1.165) is 35.4 Å². The first-order valence-corrected chi connectivity index (χ1v) is 10.7. The van der Waals surface area contributed by atoms with Crippen LogP contribution in [0.4, 0.5) is 0 Å². The van der Waals surface area contributed by atoms with Gasteiger partial charge in [0.1, 0.15) is 0 Å². The number of nitrogens with one attached hydrogen (secondary N) is 1. The van der Waals surface area contributed by atoms with Crippen molar-refractivity contribution < 1.29 is 13.2 Å². The molecular formula is C17H22N6O3S. The molecule has 0 unspecified atom stereocenters. The molecule has 0 aliphatic heterocycles. The summed E-state index contributed by atoms with van der Waals surface area (Å²) in [5.74, 6) is 0.993. The third-order valence-electron chi connectivity index (χ3n) is 4.86. The summed E-state index contributed by atoms with van der Waals surface area (Å²) in [6.45, 7) is 5.29. The van der Waals surface area contributed by atoms with Crippen molar-refractivity contribution in [2.24, 2.45) is 5.92 Å². The third kappa shape index (κ3) is 3.23. The number of hydrogen-bond donors (Lipinski definition) is 1. The number of nitrogens with zero attached hydrogens (tertiary/aromatic N) is 5. The number of carbonyl (C=O) groups excluding carboxylic acids is 1. The normalized spacial score (nSPS) is 20.9. The summed E-state index contributed by atoms with van der Waals surface area (Å²) in [4.78, 5) is 24.0. The Labute approximate surface area is 157 Å². The van der Waals surface area contributed by atoms with E-state index in [9.17, 15) is 13.2 Å². The van der Waals surface area contributed by atoms with Crippen molar-refractivity contribution in [3.63, 3.8) is 0 Å². The molecule has 1 N–H and O–H groups in total. The van der Waals surface area contributed by atoms with Gasteiger partial charge in [-0.1, -0.05) is 0 Å². The number of hydrazine groups is 1. The van der Waals surface area contributed by atoms with Crippen molar-refractivity contribution in [3.8, 4) is 5.82 Å². The van der Waals surface area contributed by atoms with Crippen LogP contribution < -0.4 is 4.83 Å². The molecule has 1 amide bonds. The minimum absolute atomic E-state index is 0.272. The number of aromatic nitrogens is 4. The minimum atomic E-state index is -3.62. The quantitative estimate of drug-likeness (QED) is 0.781. The summed E-state index contributed by atoms with van der Waals surface area (Å²) in [5, 5.41) is 5.67. The van der Waals surface area contributed by atoms with Gasteiger partial charge in [-0.15, -0.1) is 4.83 Å². The molecule has 2 aromatic heterocycles. The van der Waals surface area contributed by atoms with Gasteiger partial charge in [-0.05, 0) is 39.5 Å². The summed E-state index contributed by atoms with van der Waals surface area (Å²) in [6.07, 6.45) is 7.65. The van der Waals surface area contributed by atoms with Gasteiger partial charge < -0.3 is 0 Å². The van der Waals surface area contributed by atoms with E-state index in [2.05, 4.69) is 19.9 Å². The summed E-state index contributed by atoms with van der Waals surface area (Å²) < 4.78 is 25.3. The van der Waals surface area contributed by atoms with E-state index in [1.807, 2.05) is 0 Å². The molecule has 0 aromatic carbocycles. The number of fused-ring (bicyclic) bond motifs is 3. The molecule has 10 heteroatoms. The maximum absolute atomic E-state index is 13.3. The van der Waals surface area contributed by atoms with Gasteiger partial charge in [0.05, 0.1) is 23.7 Å². The SMILES string of the molecule is CC(C)(C)N(NS(C)(=O)=O)C(=O)c1nn(-c2cnccn2)c2c1C[C@H]1C[C@@H]21. The first-order chi connectivity index (χ1) is 12.6. The summed E-state index contributed by atoms with van der Waals surface area (Å²) in [5.41, 5.74) is 1.40. The molecule has 0 radical (unpaired) electrons. The molecule has 144 valence electrons. The van der Waals surface area contributed by atoms with E-state index >= 15 is 0 Å². The van der Waals surface area contributed by atoms with Crippen molar-refractivity contribution in [1.29, 1.82) is 0 Å². The fourth-order valence-electron chi connectivity index (χ4n) is 3.62. The van der Waals surface area contributed by atoms with Crippen LogP contribution in [0.3, 0.4) is 0 Å². The highest BCUT2D eigenvalue weighted by Gasteiger charge is 2.51. The van der Waals surface area contributed by atoms with Crippen LogP contribution in [0.25, 0.3) is 5.82 Å². The predicted octanol–water partition coefficient (Wildman–Crippen LogP) is 1.03. The molecule has 2 atom stereocenters. The lowest BCUT2D eigenvalue weighted by Crippen LogP contribution is -2.55. The van der Waals surface area contributed by atoms with Crippen LogP contribution in [0.1, 0.15) is 54.9 Å². The van der Waals surface area contributed by atoms with Crippen LogP contribution in [0.2, 0.25) is 0 Å². The highest BCUT2D eigenvalue weighted by molar-refractivity contribution is 7.88. The fourth-order valence-corrected chi connectivity index (χ4v) is 4.31. The molecule has 0 spiro atoms. The van der Waals surface area contributed by atoms with E-state index < -0.39 is 21.5 Å². The smallest absolute Gasteiger partial charge is 0.266 e. The van der Waals surface area contributed by atoms with Crippen molar-refractivity contribution in [2.75, 3.05) is 6.26 Å². The molecule has 27 heavy (non-hydrogen) atoms. The number of sulfonamides is 1. The maximum atomic E-state index is 13.3. The third-order valence-corrected chi connectivity index (χ3v) is 5.38. The zero-order valence-electron chi connectivity index (χ0n) is 15.7. The summed E-state index contributed by atoms with van der Waals surface area (Å²) in [7, 11) is -3.62. The van der Waals surface area contributed by atoms with E-state index in [1.165, 1.54) is 0 Å². The van der Waals surface area contributed by atoms with E-state index in [0.29, 0.717) is 17.7 Å². The van der Waals surface area contributed by atoms with E-state index in [-0.39, 0.29) is 5.69 Å². The Morgan fingerprint density at radius 2 is 2.07 bits per heavy atom. The highest BCUT2D eigenvalue weighted by Crippen LogP contribution is 2.57. The van der Waals surface area contributed by atoms with Crippen LogP contribution in [0, 0.1) is 5.92 Å². The standard InChI is InChI=1S/C17H22N6O3S/c1-17(2,3)23(21-27(4,25)26)16(24)14-12-8-10-7-11(10)15(12)22(20-14)13-9-18-5-6-19-13/h5-6,9-11,21H,7-8H2,1-4H3/t10-,11-/m1/s1. The van der Waals surface area contributed by atoms with Crippen LogP contribution >= 0.6 is 0 Å². The molecule has 2 aliphatic carbocycles. The number of rotatable bonds is 4. The highest BCUT2D eigenvalue weighted by atomic mass is 32.2. The molecular weight excluding hydrogens is 368 g/mol. The lowest BCUT2D eigenvalue weighted by Gasteiger charge is -2.34. The average Bonchev–Trinajstić information content (AvgIpc) is 3.08. The number of amides is 1. The van der Waals surface area contributed by atoms with Gasteiger partial charge in [0.25, 0.3) is 5.91 Å². The Morgan fingerprint density at radius 3 is 2.67 bits per heavy atom. The van der Waals surface area contributed by atoms with E-state index in [4.69, 9.17) is 0 Å². The number of carbonyl (C=O) groups is 1. The molecule has 1 saturated carbocycles. The first-order valence-electron chi connectivity index (χ1n) is 8.76. The summed E-state index contributed by atoms with van der Waals surface area (Å²) >= 11 is 0. The van der Waals surface area contributed by atoms with Gasteiger partial charge in [-0.2, -0.15) is 5.10 Å². The van der Waals surface area contributed by atoms with Crippen molar-refractivity contribution in [3.05, 3.63) is 35.5 Å². The van der Waals surface area contributed by atoms with Crippen molar-refractivity contribution in [2.45, 2.75) is 45.1 Å². The molecule has 0 saturated heterocycles. The van der Waals surface area contributed by atoms with Gasteiger partial charge in [0, 0.05) is 23.9 Å². The van der Waals surface area contributed by atoms with Gasteiger partial charge in [-0.3, -0.25) is 14.8 Å². The van der Waals surface area contributed by atoms with Crippen LogP contribution in [-0.2, 0) is 16.4 Å². The molecule has 9 nitrogen and oxygen atoms in total. The van der Waals surface area contributed by atoms with Gasteiger partial charge in [-0.25, -0.2) is 18.1 Å². The monoisotopic (exact) mass is 390 g/mol. The zero-order valence-corrected chi connectivity index (χ0v) is 16.5. The topological polar surface area (TPSA) is 110 Å². The van der Waals surface area contributed by atoms with Crippen molar-refractivity contribution >= 4 is 15.9 Å². The van der Waals surface area contributed by atoms with Gasteiger partial charge in [0.2, 0.25) is 10.0 Å². The van der Waals surface area contributed by atoms with Crippen LogP contribution in [-0.4, -0.2) is 50.9 Å². The molecule has 2 aromatic rings. The van der Waals surface area contributed by atoms with Crippen LogP contribution in [0.15, 0.2) is 18.6 Å². The summed E-state index contributed by atoms with van der Waals surface area (Å²) in [6, 6.07) is 0. The first kappa shape index (κ1) is 18.1. The van der Waals surface area contributed by atoms with Gasteiger partial charge in [0.15, 0.2) is 11.5 Å². The Hall–Kier alpha value is -2.33. The second kappa shape index (κ2) is 5.83. The lowest BCUT2D eigenvalue weighted by atomic mass is 10.1. The Bertz CT molecular complexity index is 1010. The largest absolute Gasteiger partial charge is 0.290 e. The number of hydrogen-bond acceptors (Lipinski definition) is 6. The molecule has 1 fully saturated rings. The van der Waals surface area contributed by atoms with Crippen molar-refractivity contribution in [1.82, 2.24) is 29.6 Å². The predicted molar refractivity (Wildman–Crippen MR) is 97.6 cm³/mol. The molecule has 2 heterocycles. The Balaban J connectivity index is 1.80. The molecule has 0 bridgehead atoms. The molecule has 4 rings (SSSR count). The minimum Gasteiger partial charge on any atom is -0.266 e. The van der Waals surface area contributed by atoms with Crippen LogP contribution in [0.5, 0.6) is 0 Å². The lowest BCUT2D eigenvalue weighted by molar-refractivity contribution is 0.0504. The zero-order chi connectivity index (χ0) is 19.6. The Morgan fingerprint density at radius 1 is 1.33 bits per heavy atom. The maximum Gasteiger partial charge on any atom is 0.290 e. The second-order valence-electron chi connectivity index (χ2n) is 8.17. The van der Waals surface area contributed by atoms with E-state index in [1.54, 1.807) is 44.0 Å². The second-order valence-corrected chi connectivity index (χ2v) is 9.90. The fraction of sp³-hybridized carbons (Fsp3) is 0.529.